The van der Waals surface area contributed by atoms with Crippen molar-refractivity contribution in [1.29, 1.82) is 0 Å². The maximum absolute atomic E-state index is 12.8. The van der Waals surface area contributed by atoms with Gasteiger partial charge in [0.25, 0.3) is 0 Å². The molecule has 16 heavy (non-hydrogen) atoms. The molecule has 3 nitrogen and oxygen atoms in total. The molecule has 0 saturated heterocycles. The quantitative estimate of drug-likeness (QED) is 0.887. The third kappa shape index (κ3) is 2.41. The van der Waals surface area contributed by atoms with Gasteiger partial charge in [-0.25, -0.2) is 4.68 Å². The van der Waals surface area contributed by atoms with Crippen molar-refractivity contribution in [2.45, 2.75) is 26.4 Å². The molecule has 2 heterocycles. The van der Waals surface area contributed by atoms with Gasteiger partial charge in [-0.2, -0.15) is 9.49 Å². The number of hydrogen-bond donors (Lipinski definition) is 1. The van der Waals surface area contributed by atoms with Crippen LogP contribution >= 0.6 is 11.3 Å². The average molecular weight is 239 g/mol. The van der Waals surface area contributed by atoms with E-state index in [1.165, 1.54) is 17.4 Å². The second kappa shape index (κ2) is 4.65. The van der Waals surface area contributed by atoms with Crippen LogP contribution in [0.2, 0.25) is 0 Å². The Labute approximate surface area is 97.9 Å². The van der Waals surface area contributed by atoms with Crippen molar-refractivity contribution in [1.82, 2.24) is 9.78 Å². The van der Waals surface area contributed by atoms with Crippen LogP contribution in [0.4, 0.5) is 10.2 Å². The minimum atomic E-state index is -0.144. The second-order valence-corrected chi connectivity index (χ2v) is 4.93. The fourth-order valence-electron chi connectivity index (χ4n) is 1.49. The van der Waals surface area contributed by atoms with E-state index in [0.29, 0.717) is 12.6 Å². The van der Waals surface area contributed by atoms with Crippen LogP contribution in [0.1, 0.15) is 24.8 Å². The molecular formula is C11H14FN3S. The van der Waals surface area contributed by atoms with E-state index in [9.17, 15) is 4.39 Å². The predicted octanol–water partition coefficient (Wildman–Crippen LogP) is 3.28. The lowest BCUT2D eigenvalue weighted by atomic mass is 10.4. The molecule has 0 aliphatic rings. The molecule has 0 amide bonds. The number of thiophene rings is 1. The molecule has 0 bridgehead atoms. The van der Waals surface area contributed by atoms with Gasteiger partial charge in [0.2, 0.25) is 0 Å². The van der Waals surface area contributed by atoms with Gasteiger partial charge < -0.3 is 5.32 Å². The molecule has 1 N–H and O–H groups in total. The van der Waals surface area contributed by atoms with Crippen molar-refractivity contribution < 1.29 is 4.39 Å². The number of aromatic nitrogens is 2. The Morgan fingerprint density at radius 3 is 2.88 bits per heavy atom. The smallest absolute Gasteiger partial charge is 0.176 e. The molecule has 0 atom stereocenters. The molecule has 0 spiro atoms. The summed E-state index contributed by atoms with van der Waals surface area (Å²) in [5.41, 5.74) is 0. The second-order valence-electron chi connectivity index (χ2n) is 3.81. The molecule has 0 aliphatic heterocycles. The molecule has 0 aliphatic carbocycles. The molecule has 2 rings (SSSR count). The summed E-state index contributed by atoms with van der Waals surface area (Å²) >= 11 is 1.17. The molecule has 0 saturated carbocycles. The molecule has 0 fully saturated rings. The van der Waals surface area contributed by atoms with Crippen molar-refractivity contribution >= 4 is 17.2 Å². The van der Waals surface area contributed by atoms with Gasteiger partial charge in [-0.15, -0.1) is 11.3 Å². The van der Waals surface area contributed by atoms with Crippen LogP contribution < -0.4 is 5.32 Å². The van der Waals surface area contributed by atoms with Crippen LogP contribution in [0.3, 0.4) is 0 Å². The topological polar surface area (TPSA) is 29.9 Å². The molecule has 86 valence electrons. The fourth-order valence-corrected chi connectivity index (χ4v) is 2.16. The van der Waals surface area contributed by atoms with Crippen molar-refractivity contribution in [2.24, 2.45) is 0 Å². The van der Waals surface area contributed by atoms with Gasteiger partial charge >= 0.3 is 0 Å². The summed E-state index contributed by atoms with van der Waals surface area (Å²) in [7, 11) is 0. The number of rotatable bonds is 4. The van der Waals surface area contributed by atoms with Gasteiger partial charge in [0.1, 0.15) is 5.82 Å². The SMILES string of the molecule is CC(C)n1nccc1NCc1ccc(F)s1. The molecule has 0 unspecified atom stereocenters. The third-order valence-corrected chi connectivity index (χ3v) is 3.11. The number of halogens is 1. The van der Waals surface area contributed by atoms with Crippen molar-refractivity contribution in [3.05, 3.63) is 34.4 Å². The Kier molecular flexibility index (Phi) is 3.24. The van der Waals surface area contributed by atoms with E-state index in [2.05, 4.69) is 24.3 Å². The monoisotopic (exact) mass is 239 g/mol. The van der Waals surface area contributed by atoms with Crippen LogP contribution in [0.25, 0.3) is 0 Å². The van der Waals surface area contributed by atoms with Gasteiger partial charge in [0.15, 0.2) is 5.13 Å². The lowest BCUT2D eigenvalue weighted by Gasteiger charge is -2.11. The number of anilines is 1. The zero-order valence-electron chi connectivity index (χ0n) is 9.27. The maximum atomic E-state index is 12.8. The Morgan fingerprint density at radius 2 is 2.25 bits per heavy atom. The summed E-state index contributed by atoms with van der Waals surface area (Å²) in [6.45, 7) is 4.78. The number of nitrogens with zero attached hydrogens (tertiary/aromatic N) is 2. The van der Waals surface area contributed by atoms with E-state index in [1.54, 1.807) is 12.3 Å². The van der Waals surface area contributed by atoms with Crippen LogP contribution in [-0.2, 0) is 6.54 Å². The Balaban J connectivity index is 2.02. The third-order valence-electron chi connectivity index (χ3n) is 2.23. The summed E-state index contributed by atoms with van der Waals surface area (Å²) in [5.74, 6) is 0.962. The first-order valence-corrected chi connectivity index (χ1v) is 6.00. The summed E-state index contributed by atoms with van der Waals surface area (Å²) in [6.07, 6.45) is 1.76. The first-order valence-electron chi connectivity index (χ1n) is 5.18. The first kappa shape index (κ1) is 11.1. The normalized spacial score (nSPS) is 11.0. The Hall–Kier alpha value is -1.36. The highest BCUT2D eigenvalue weighted by molar-refractivity contribution is 7.10. The highest BCUT2D eigenvalue weighted by Crippen LogP contribution is 2.18. The Bertz CT molecular complexity index is 461. The summed E-state index contributed by atoms with van der Waals surface area (Å²) in [4.78, 5) is 0.981. The molecule has 2 aromatic rings. The first-order chi connectivity index (χ1) is 7.66. The van der Waals surface area contributed by atoms with Crippen LogP contribution in [0.15, 0.2) is 24.4 Å². The molecule has 2 aromatic heterocycles. The summed E-state index contributed by atoms with van der Waals surface area (Å²) in [6, 6.07) is 5.52. The molecule has 0 aromatic carbocycles. The summed E-state index contributed by atoms with van der Waals surface area (Å²) in [5, 5.41) is 7.32. The predicted molar refractivity (Wildman–Crippen MR) is 64.2 cm³/mol. The van der Waals surface area contributed by atoms with E-state index in [4.69, 9.17) is 0 Å². The number of hydrogen-bond acceptors (Lipinski definition) is 3. The van der Waals surface area contributed by atoms with Gasteiger partial charge in [-0.3, -0.25) is 0 Å². The highest BCUT2D eigenvalue weighted by atomic mass is 32.1. The highest BCUT2D eigenvalue weighted by Gasteiger charge is 2.05. The van der Waals surface area contributed by atoms with Gasteiger partial charge in [-0.05, 0) is 26.0 Å². The summed E-state index contributed by atoms with van der Waals surface area (Å²) < 4.78 is 14.7. The minimum Gasteiger partial charge on any atom is -0.365 e. The van der Waals surface area contributed by atoms with Crippen LogP contribution in [0, 0.1) is 5.13 Å². The van der Waals surface area contributed by atoms with Gasteiger partial charge in [0.05, 0.1) is 12.7 Å². The van der Waals surface area contributed by atoms with Crippen molar-refractivity contribution in [2.75, 3.05) is 5.32 Å². The fraction of sp³-hybridized carbons (Fsp3) is 0.364. The molecular weight excluding hydrogens is 225 g/mol. The lowest BCUT2D eigenvalue weighted by molar-refractivity contribution is 0.537. The molecule has 5 heteroatoms. The van der Waals surface area contributed by atoms with Gasteiger partial charge in [-0.1, -0.05) is 0 Å². The van der Waals surface area contributed by atoms with E-state index in [0.717, 1.165) is 10.7 Å². The average Bonchev–Trinajstić information content (AvgIpc) is 2.83. The van der Waals surface area contributed by atoms with Gasteiger partial charge in [0, 0.05) is 17.0 Å². The zero-order chi connectivity index (χ0) is 11.5. The zero-order valence-corrected chi connectivity index (χ0v) is 10.1. The van der Waals surface area contributed by atoms with E-state index in [-0.39, 0.29) is 5.13 Å². The van der Waals surface area contributed by atoms with Crippen molar-refractivity contribution in [3.63, 3.8) is 0 Å². The van der Waals surface area contributed by atoms with Crippen molar-refractivity contribution in [3.8, 4) is 0 Å². The largest absolute Gasteiger partial charge is 0.365 e. The molecule has 0 radical (unpaired) electrons. The minimum absolute atomic E-state index is 0.144. The van der Waals surface area contributed by atoms with Crippen LogP contribution in [0.5, 0.6) is 0 Å². The number of nitrogens with one attached hydrogen (secondary N) is 1. The maximum Gasteiger partial charge on any atom is 0.176 e. The van der Waals surface area contributed by atoms with E-state index >= 15 is 0 Å². The lowest BCUT2D eigenvalue weighted by Crippen LogP contribution is -2.09. The standard InChI is InChI=1S/C11H14FN3S/c1-8(2)15-11(5-6-14-15)13-7-9-3-4-10(12)16-9/h3-6,8,13H,7H2,1-2H3. The Morgan fingerprint density at radius 1 is 1.44 bits per heavy atom. The van der Waals surface area contributed by atoms with E-state index in [1.807, 2.05) is 10.7 Å². The van der Waals surface area contributed by atoms with E-state index < -0.39 is 0 Å². The van der Waals surface area contributed by atoms with Crippen LogP contribution in [-0.4, -0.2) is 9.78 Å².